The van der Waals surface area contributed by atoms with Gasteiger partial charge in [-0.3, -0.25) is 0 Å². The molecular weight excluding hydrogens is 240 g/mol. The molecule has 3 rings (SSSR count). The van der Waals surface area contributed by atoms with Crippen LogP contribution in [0.25, 0.3) is 11.4 Å². The van der Waals surface area contributed by atoms with Crippen molar-refractivity contribution >= 4 is 0 Å². The number of aliphatic hydroxyl groups is 1. The number of rotatable bonds is 3. The normalized spacial score (nSPS) is 18.1. The third kappa shape index (κ3) is 2.24. The fourth-order valence-corrected chi connectivity index (χ4v) is 2.64. The van der Waals surface area contributed by atoms with Gasteiger partial charge in [0.15, 0.2) is 0 Å². The lowest BCUT2D eigenvalue weighted by Crippen LogP contribution is -2.22. The van der Waals surface area contributed by atoms with Crippen molar-refractivity contribution in [2.45, 2.75) is 19.4 Å². The number of aromatic nitrogens is 2. The van der Waals surface area contributed by atoms with E-state index < -0.39 is 0 Å². The number of imidazole rings is 1. The number of hydrogen-bond acceptors (Lipinski definition) is 3. The Morgan fingerprint density at radius 1 is 1.37 bits per heavy atom. The van der Waals surface area contributed by atoms with Crippen molar-refractivity contribution < 1.29 is 9.84 Å². The van der Waals surface area contributed by atoms with Gasteiger partial charge in [0.1, 0.15) is 11.6 Å². The largest absolute Gasteiger partial charge is 0.497 e. The molecule has 4 nitrogen and oxygen atoms in total. The van der Waals surface area contributed by atoms with E-state index >= 15 is 0 Å². The van der Waals surface area contributed by atoms with Crippen LogP contribution in [0.1, 0.15) is 12.1 Å². The highest BCUT2D eigenvalue weighted by molar-refractivity contribution is 5.57. The summed E-state index contributed by atoms with van der Waals surface area (Å²) in [7, 11) is 1.66. The van der Waals surface area contributed by atoms with E-state index in [0.717, 1.165) is 36.5 Å². The average molecular weight is 258 g/mol. The molecule has 1 N–H and O–H groups in total. The maximum Gasteiger partial charge on any atom is 0.140 e. The van der Waals surface area contributed by atoms with Gasteiger partial charge in [0.25, 0.3) is 0 Å². The number of hydrogen-bond donors (Lipinski definition) is 1. The molecule has 1 aromatic heterocycles. The molecule has 0 saturated carbocycles. The van der Waals surface area contributed by atoms with E-state index in [-0.39, 0.29) is 6.61 Å². The molecule has 2 aromatic rings. The Labute approximate surface area is 112 Å². The van der Waals surface area contributed by atoms with E-state index in [9.17, 15) is 5.11 Å². The number of aliphatic hydroxyl groups excluding tert-OH is 1. The van der Waals surface area contributed by atoms with Crippen LogP contribution in [0.4, 0.5) is 0 Å². The van der Waals surface area contributed by atoms with E-state index in [1.807, 2.05) is 30.5 Å². The van der Waals surface area contributed by atoms with Crippen LogP contribution in [0.3, 0.4) is 0 Å². The van der Waals surface area contributed by atoms with Crippen molar-refractivity contribution in [3.05, 3.63) is 36.2 Å². The Morgan fingerprint density at radius 3 is 2.84 bits per heavy atom. The molecule has 0 saturated heterocycles. The van der Waals surface area contributed by atoms with Crippen molar-refractivity contribution in [3.8, 4) is 17.1 Å². The lowest BCUT2D eigenvalue weighted by molar-refractivity contribution is 0.192. The molecule has 2 heterocycles. The Hall–Kier alpha value is -1.81. The van der Waals surface area contributed by atoms with Crippen LogP contribution in [0, 0.1) is 5.92 Å². The molecule has 1 unspecified atom stereocenters. The summed E-state index contributed by atoms with van der Waals surface area (Å²) >= 11 is 0. The van der Waals surface area contributed by atoms with Gasteiger partial charge in [-0.15, -0.1) is 0 Å². The fourth-order valence-electron chi connectivity index (χ4n) is 2.64. The van der Waals surface area contributed by atoms with Crippen molar-refractivity contribution in [1.82, 2.24) is 9.55 Å². The van der Waals surface area contributed by atoms with E-state index in [2.05, 4.69) is 9.55 Å². The van der Waals surface area contributed by atoms with Gasteiger partial charge in [0.05, 0.1) is 7.11 Å². The predicted octanol–water partition coefficient (Wildman–Crippen LogP) is 2.11. The van der Waals surface area contributed by atoms with Gasteiger partial charge >= 0.3 is 0 Å². The van der Waals surface area contributed by atoms with E-state index in [0.29, 0.717) is 5.92 Å². The minimum Gasteiger partial charge on any atom is -0.497 e. The maximum atomic E-state index is 9.33. The van der Waals surface area contributed by atoms with E-state index in [1.165, 1.54) is 5.69 Å². The predicted molar refractivity (Wildman–Crippen MR) is 73.1 cm³/mol. The van der Waals surface area contributed by atoms with E-state index in [1.54, 1.807) is 7.11 Å². The lowest BCUT2D eigenvalue weighted by Gasteiger charge is -2.23. The van der Waals surface area contributed by atoms with Gasteiger partial charge in [-0.1, -0.05) is 0 Å². The number of fused-ring (bicyclic) bond motifs is 1. The second-order valence-corrected chi connectivity index (χ2v) is 5.00. The summed E-state index contributed by atoms with van der Waals surface area (Å²) in [6.45, 7) is 1.10. The summed E-state index contributed by atoms with van der Waals surface area (Å²) in [5.74, 6) is 2.18. The zero-order valence-corrected chi connectivity index (χ0v) is 11.0. The smallest absolute Gasteiger partial charge is 0.140 e. The van der Waals surface area contributed by atoms with E-state index in [4.69, 9.17) is 4.74 Å². The molecule has 1 aliphatic heterocycles. The lowest BCUT2D eigenvalue weighted by atomic mass is 9.99. The standard InChI is InChI=1S/C15H18N2O2/c1-19-14-6-3-12(4-7-14)15-16-8-13-5-2-11(10-18)9-17(13)15/h3-4,6-8,11,18H,2,5,9-10H2,1H3. The molecule has 1 aliphatic rings. The number of nitrogens with zero attached hydrogens (tertiary/aromatic N) is 2. The molecule has 0 radical (unpaired) electrons. The van der Waals surface area contributed by atoms with Crippen LogP contribution in [0.5, 0.6) is 5.75 Å². The third-order valence-corrected chi connectivity index (χ3v) is 3.79. The molecule has 1 aromatic carbocycles. The second kappa shape index (κ2) is 5.05. The quantitative estimate of drug-likeness (QED) is 0.917. The number of ether oxygens (including phenoxy) is 1. The molecule has 100 valence electrons. The molecule has 0 aliphatic carbocycles. The second-order valence-electron chi connectivity index (χ2n) is 5.00. The number of aryl methyl sites for hydroxylation is 1. The first kappa shape index (κ1) is 12.2. The minimum absolute atomic E-state index is 0.250. The molecule has 0 bridgehead atoms. The minimum atomic E-state index is 0.250. The molecule has 0 amide bonds. The van der Waals surface area contributed by atoms with Gasteiger partial charge in [-0.2, -0.15) is 0 Å². The zero-order chi connectivity index (χ0) is 13.2. The Kier molecular flexibility index (Phi) is 3.25. The monoisotopic (exact) mass is 258 g/mol. The van der Waals surface area contributed by atoms with Gasteiger partial charge in [-0.25, -0.2) is 4.98 Å². The van der Waals surface area contributed by atoms with Crippen LogP contribution >= 0.6 is 0 Å². The van der Waals surface area contributed by atoms with Gasteiger partial charge < -0.3 is 14.4 Å². The Balaban J connectivity index is 1.95. The highest BCUT2D eigenvalue weighted by atomic mass is 16.5. The maximum absolute atomic E-state index is 9.33. The van der Waals surface area contributed by atoms with Crippen molar-refractivity contribution in [3.63, 3.8) is 0 Å². The van der Waals surface area contributed by atoms with Crippen molar-refractivity contribution in [2.24, 2.45) is 5.92 Å². The summed E-state index contributed by atoms with van der Waals surface area (Å²) < 4.78 is 7.40. The van der Waals surface area contributed by atoms with Crippen LogP contribution in [-0.2, 0) is 13.0 Å². The van der Waals surface area contributed by atoms with Crippen LogP contribution in [0.15, 0.2) is 30.5 Å². The van der Waals surface area contributed by atoms with Crippen LogP contribution in [0.2, 0.25) is 0 Å². The molecule has 19 heavy (non-hydrogen) atoms. The fraction of sp³-hybridized carbons (Fsp3) is 0.400. The van der Waals surface area contributed by atoms with Crippen LogP contribution < -0.4 is 4.74 Å². The molecule has 4 heteroatoms. The first-order valence-electron chi connectivity index (χ1n) is 6.61. The first-order chi connectivity index (χ1) is 9.31. The summed E-state index contributed by atoms with van der Waals surface area (Å²) in [6.07, 6.45) is 3.99. The highest BCUT2D eigenvalue weighted by Gasteiger charge is 2.21. The molecular formula is C15H18N2O2. The number of benzene rings is 1. The third-order valence-electron chi connectivity index (χ3n) is 3.79. The number of methoxy groups -OCH3 is 1. The SMILES string of the molecule is COc1ccc(-c2ncc3n2CC(CO)CC3)cc1. The van der Waals surface area contributed by atoms with Gasteiger partial charge in [-0.05, 0) is 37.1 Å². The van der Waals surface area contributed by atoms with Crippen LogP contribution in [-0.4, -0.2) is 28.4 Å². The van der Waals surface area contributed by atoms with Crippen molar-refractivity contribution in [1.29, 1.82) is 0 Å². The van der Waals surface area contributed by atoms with Gasteiger partial charge in [0.2, 0.25) is 0 Å². The summed E-state index contributed by atoms with van der Waals surface area (Å²) in [4.78, 5) is 4.53. The summed E-state index contributed by atoms with van der Waals surface area (Å²) in [5.41, 5.74) is 2.35. The zero-order valence-electron chi connectivity index (χ0n) is 11.0. The van der Waals surface area contributed by atoms with Crippen molar-refractivity contribution in [2.75, 3.05) is 13.7 Å². The highest BCUT2D eigenvalue weighted by Crippen LogP contribution is 2.27. The molecule has 0 spiro atoms. The summed E-state index contributed by atoms with van der Waals surface area (Å²) in [6, 6.07) is 7.95. The molecule has 1 atom stereocenters. The Bertz CT molecular complexity index is 560. The average Bonchev–Trinajstić information content (AvgIpc) is 2.90. The van der Waals surface area contributed by atoms with Gasteiger partial charge in [0, 0.05) is 36.5 Å². The first-order valence-corrected chi connectivity index (χ1v) is 6.61. The Morgan fingerprint density at radius 2 is 2.16 bits per heavy atom. The summed E-state index contributed by atoms with van der Waals surface area (Å²) in [5, 5.41) is 9.33. The topological polar surface area (TPSA) is 47.3 Å². The molecule has 0 fully saturated rings.